The molecule has 0 aliphatic heterocycles. The lowest BCUT2D eigenvalue weighted by molar-refractivity contribution is 0.315. The van der Waals surface area contributed by atoms with Crippen molar-refractivity contribution in [2.45, 2.75) is 30.3 Å². The maximum absolute atomic E-state index is 12.3. The topological polar surface area (TPSA) is 125 Å². The van der Waals surface area contributed by atoms with Crippen LogP contribution in [0, 0.1) is 0 Å². The molecular weight excluding hydrogens is 258 g/mol. The first-order chi connectivity index (χ1) is 8.55. The van der Waals surface area contributed by atoms with Gasteiger partial charge in [-0.05, 0) is 18.9 Å². The van der Waals surface area contributed by atoms with E-state index in [0.29, 0.717) is 0 Å². The number of aromatic nitrogens is 2. The number of hydrogen-bond donors (Lipinski definition) is 3. The van der Waals surface area contributed by atoms with Crippen LogP contribution >= 0.6 is 0 Å². The van der Waals surface area contributed by atoms with Gasteiger partial charge in [0.05, 0.1) is 6.20 Å². The Morgan fingerprint density at radius 3 is 2.89 bits per heavy atom. The maximum Gasteiger partial charge on any atom is 0.260 e. The molecule has 0 amide bonds. The van der Waals surface area contributed by atoms with Gasteiger partial charge in [-0.1, -0.05) is 5.16 Å². The average molecular weight is 273 g/mol. The lowest BCUT2D eigenvalue weighted by atomic mass is 10.4. The summed E-state index contributed by atoms with van der Waals surface area (Å²) in [5.41, 5.74) is 5.36. The molecule has 0 atom stereocenters. The molecular formula is C9H15N5O3S. The summed E-state index contributed by atoms with van der Waals surface area (Å²) < 4.78 is 25.9. The SMILES string of the molecule is NC(CCN(C1CC1)S(=O)(=O)c1ccn[nH]1)=NO. The Hall–Kier alpha value is -1.61. The number of amidine groups is 1. The van der Waals surface area contributed by atoms with Gasteiger partial charge >= 0.3 is 0 Å². The third-order valence-electron chi connectivity index (χ3n) is 2.73. The normalized spacial score (nSPS) is 17.3. The first kappa shape index (κ1) is 12.8. The lowest BCUT2D eigenvalue weighted by Crippen LogP contribution is -2.36. The molecule has 0 unspecified atom stereocenters. The summed E-state index contributed by atoms with van der Waals surface area (Å²) in [6.45, 7) is 0.196. The van der Waals surface area contributed by atoms with Gasteiger partial charge in [-0.2, -0.15) is 9.40 Å². The minimum absolute atomic E-state index is 0.00444. The Morgan fingerprint density at radius 2 is 2.39 bits per heavy atom. The van der Waals surface area contributed by atoms with E-state index in [-0.39, 0.29) is 29.9 Å². The highest BCUT2D eigenvalue weighted by Crippen LogP contribution is 2.31. The van der Waals surface area contributed by atoms with E-state index in [4.69, 9.17) is 10.9 Å². The van der Waals surface area contributed by atoms with Crippen LogP contribution in [0.15, 0.2) is 22.4 Å². The highest BCUT2D eigenvalue weighted by molar-refractivity contribution is 7.89. The number of nitrogens with two attached hydrogens (primary N) is 1. The summed E-state index contributed by atoms with van der Waals surface area (Å²) >= 11 is 0. The fraction of sp³-hybridized carbons (Fsp3) is 0.556. The van der Waals surface area contributed by atoms with Gasteiger partial charge in [-0.25, -0.2) is 8.42 Å². The van der Waals surface area contributed by atoms with E-state index in [9.17, 15) is 8.42 Å². The van der Waals surface area contributed by atoms with Crippen molar-refractivity contribution in [3.8, 4) is 0 Å². The van der Waals surface area contributed by atoms with Crippen LogP contribution in [0.3, 0.4) is 0 Å². The van der Waals surface area contributed by atoms with Gasteiger partial charge in [-0.15, -0.1) is 0 Å². The van der Waals surface area contributed by atoms with Crippen molar-refractivity contribution in [1.82, 2.24) is 14.5 Å². The number of oxime groups is 1. The molecule has 0 radical (unpaired) electrons. The van der Waals surface area contributed by atoms with Gasteiger partial charge in [0.25, 0.3) is 10.0 Å². The predicted molar refractivity (Wildman–Crippen MR) is 63.5 cm³/mol. The van der Waals surface area contributed by atoms with Crippen LogP contribution in [0.5, 0.6) is 0 Å². The van der Waals surface area contributed by atoms with Crippen LogP contribution in [0.25, 0.3) is 0 Å². The first-order valence-electron chi connectivity index (χ1n) is 5.53. The third-order valence-corrected chi connectivity index (χ3v) is 4.61. The smallest absolute Gasteiger partial charge is 0.260 e. The zero-order valence-corrected chi connectivity index (χ0v) is 10.5. The van der Waals surface area contributed by atoms with Crippen molar-refractivity contribution in [3.05, 3.63) is 12.3 Å². The number of nitrogens with zero attached hydrogens (tertiary/aromatic N) is 3. The molecule has 100 valence electrons. The Balaban J connectivity index is 2.15. The van der Waals surface area contributed by atoms with E-state index in [1.165, 1.54) is 16.6 Å². The molecule has 4 N–H and O–H groups in total. The van der Waals surface area contributed by atoms with Crippen molar-refractivity contribution >= 4 is 15.9 Å². The summed E-state index contributed by atoms with van der Waals surface area (Å²) in [6, 6.07) is 1.42. The number of rotatable bonds is 6. The highest BCUT2D eigenvalue weighted by Gasteiger charge is 2.38. The number of nitrogens with one attached hydrogen (secondary N) is 1. The predicted octanol–water partition coefficient (Wildman–Crippen LogP) is -0.301. The molecule has 1 aliphatic rings. The number of H-pyrrole nitrogens is 1. The van der Waals surface area contributed by atoms with Crippen LogP contribution in [0.1, 0.15) is 19.3 Å². The Kier molecular flexibility index (Phi) is 3.53. The molecule has 0 bridgehead atoms. The molecule has 0 saturated heterocycles. The van der Waals surface area contributed by atoms with Crippen molar-refractivity contribution in [2.75, 3.05) is 6.54 Å². The fourth-order valence-electron chi connectivity index (χ4n) is 1.65. The largest absolute Gasteiger partial charge is 0.409 e. The Labute approximate surface area is 105 Å². The van der Waals surface area contributed by atoms with E-state index in [1.807, 2.05) is 0 Å². The quantitative estimate of drug-likeness (QED) is 0.284. The third kappa shape index (κ3) is 2.62. The minimum Gasteiger partial charge on any atom is -0.409 e. The van der Waals surface area contributed by atoms with Gasteiger partial charge in [0.15, 0.2) is 5.03 Å². The van der Waals surface area contributed by atoms with Crippen LogP contribution in [-0.2, 0) is 10.0 Å². The summed E-state index contributed by atoms with van der Waals surface area (Å²) in [4.78, 5) is 0. The average Bonchev–Trinajstić information content (AvgIpc) is 3.00. The lowest BCUT2D eigenvalue weighted by Gasteiger charge is -2.20. The number of hydrogen-bond acceptors (Lipinski definition) is 5. The standard InChI is InChI=1S/C9H15N5O3S/c10-8(13-15)4-6-14(7-1-2-7)18(16,17)9-3-5-11-12-9/h3,5,7,15H,1-2,4,6H2,(H2,10,13)(H,11,12). The molecule has 1 aliphatic carbocycles. The Morgan fingerprint density at radius 1 is 1.67 bits per heavy atom. The summed E-state index contributed by atoms with van der Waals surface area (Å²) in [5.74, 6) is 0.0143. The second-order valence-corrected chi connectivity index (χ2v) is 5.97. The second-order valence-electron chi connectivity index (χ2n) is 4.11. The van der Waals surface area contributed by atoms with Gasteiger partial charge in [0, 0.05) is 19.0 Å². The zero-order valence-electron chi connectivity index (χ0n) is 9.65. The molecule has 1 aromatic rings. The van der Waals surface area contributed by atoms with Crippen LogP contribution in [0.4, 0.5) is 0 Å². The van der Waals surface area contributed by atoms with Crippen LogP contribution < -0.4 is 5.73 Å². The molecule has 1 fully saturated rings. The van der Waals surface area contributed by atoms with Crippen LogP contribution in [-0.4, -0.2) is 46.5 Å². The second kappa shape index (κ2) is 4.94. The maximum atomic E-state index is 12.3. The molecule has 1 aromatic heterocycles. The van der Waals surface area contributed by atoms with Gasteiger partial charge in [0.2, 0.25) is 0 Å². The highest BCUT2D eigenvalue weighted by atomic mass is 32.2. The number of aromatic amines is 1. The van der Waals surface area contributed by atoms with Crippen LogP contribution in [0.2, 0.25) is 0 Å². The van der Waals surface area contributed by atoms with Gasteiger partial charge in [0.1, 0.15) is 5.84 Å². The van der Waals surface area contributed by atoms with Crippen molar-refractivity contribution in [2.24, 2.45) is 10.9 Å². The van der Waals surface area contributed by atoms with Crippen molar-refractivity contribution in [1.29, 1.82) is 0 Å². The molecule has 9 heteroatoms. The van der Waals surface area contributed by atoms with E-state index in [1.54, 1.807) is 0 Å². The van der Waals surface area contributed by atoms with E-state index >= 15 is 0 Å². The summed E-state index contributed by atoms with van der Waals surface area (Å²) in [6.07, 6.45) is 3.26. The van der Waals surface area contributed by atoms with Crippen molar-refractivity contribution in [3.63, 3.8) is 0 Å². The van der Waals surface area contributed by atoms with Gasteiger partial charge < -0.3 is 10.9 Å². The fourth-order valence-corrected chi connectivity index (χ4v) is 3.24. The summed E-state index contributed by atoms with van der Waals surface area (Å²) in [7, 11) is -3.58. The van der Waals surface area contributed by atoms with Crippen molar-refractivity contribution < 1.29 is 13.6 Å². The molecule has 8 nitrogen and oxygen atoms in total. The molecule has 0 aromatic carbocycles. The molecule has 1 saturated carbocycles. The monoisotopic (exact) mass is 273 g/mol. The van der Waals surface area contributed by atoms with E-state index in [2.05, 4.69) is 15.4 Å². The Bertz CT molecular complexity index is 520. The molecule has 0 spiro atoms. The molecule has 18 heavy (non-hydrogen) atoms. The zero-order chi connectivity index (χ0) is 13.2. The van der Waals surface area contributed by atoms with E-state index in [0.717, 1.165) is 12.8 Å². The van der Waals surface area contributed by atoms with E-state index < -0.39 is 10.0 Å². The number of sulfonamides is 1. The molecule has 1 heterocycles. The minimum atomic E-state index is -3.58. The summed E-state index contributed by atoms with van der Waals surface area (Å²) in [5, 5.41) is 17.5. The van der Waals surface area contributed by atoms with Gasteiger partial charge in [-0.3, -0.25) is 5.10 Å². The molecule has 2 rings (SSSR count). The first-order valence-corrected chi connectivity index (χ1v) is 6.97.